The molecular weight excluding hydrogens is 310 g/mol. The molecule has 0 atom stereocenters. The van der Waals surface area contributed by atoms with Crippen molar-refractivity contribution in [3.05, 3.63) is 64.7 Å². The SMILES string of the molecule is Fc1ccc(CCn2c(CCl)nc3ccc(Cl)cc32)cc1. The van der Waals surface area contributed by atoms with Crippen molar-refractivity contribution in [1.82, 2.24) is 9.55 Å². The summed E-state index contributed by atoms with van der Waals surface area (Å²) in [6.07, 6.45) is 0.780. The molecule has 21 heavy (non-hydrogen) atoms. The molecule has 0 fully saturated rings. The van der Waals surface area contributed by atoms with Gasteiger partial charge < -0.3 is 4.57 Å². The van der Waals surface area contributed by atoms with Gasteiger partial charge in [-0.1, -0.05) is 23.7 Å². The summed E-state index contributed by atoms with van der Waals surface area (Å²) in [5.74, 6) is 0.937. The highest BCUT2D eigenvalue weighted by atomic mass is 35.5. The third-order valence-corrected chi connectivity index (χ3v) is 3.92. The zero-order valence-electron chi connectivity index (χ0n) is 11.2. The smallest absolute Gasteiger partial charge is 0.124 e. The number of fused-ring (bicyclic) bond motifs is 1. The van der Waals surface area contributed by atoms with Gasteiger partial charge in [-0.15, -0.1) is 11.6 Å². The quantitative estimate of drug-likeness (QED) is 0.630. The van der Waals surface area contributed by atoms with Crippen molar-refractivity contribution < 1.29 is 4.39 Å². The predicted octanol–water partition coefficient (Wildman–Crippen LogP) is 4.81. The average molecular weight is 323 g/mol. The Kier molecular flexibility index (Phi) is 4.13. The van der Waals surface area contributed by atoms with E-state index in [0.29, 0.717) is 10.9 Å². The zero-order valence-corrected chi connectivity index (χ0v) is 12.7. The summed E-state index contributed by atoms with van der Waals surface area (Å²) in [5, 5.41) is 0.673. The van der Waals surface area contributed by atoms with E-state index in [1.165, 1.54) is 12.1 Å². The van der Waals surface area contributed by atoms with Gasteiger partial charge in [0.05, 0.1) is 16.9 Å². The van der Waals surface area contributed by atoms with E-state index in [9.17, 15) is 4.39 Å². The largest absolute Gasteiger partial charge is 0.327 e. The number of imidazole rings is 1. The molecule has 1 aromatic heterocycles. The van der Waals surface area contributed by atoms with Crippen LogP contribution in [0.15, 0.2) is 42.5 Å². The molecule has 0 spiro atoms. The summed E-state index contributed by atoms with van der Waals surface area (Å²) in [6, 6.07) is 12.1. The van der Waals surface area contributed by atoms with Gasteiger partial charge in [0.15, 0.2) is 0 Å². The van der Waals surface area contributed by atoms with Crippen LogP contribution in [-0.4, -0.2) is 9.55 Å². The lowest BCUT2D eigenvalue weighted by molar-refractivity contribution is 0.625. The number of hydrogen-bond acceptors (Lipinski definition) is 1. The molecule has 5 heteroatoms. The second kappa shape index (κ2) is 6.04. The van der Waals surface area contributed by atoms with Crippen molar-refractivity contribution in [3.63, 3.8) is 0 Å². The second-order valence-corrected chi connectivity index (χ2v) is 5.53. The number of halogens is 3. The van der Waals surface area contributed by atoms with Crippen molar-refractivity contribution >= 4 is 34.2 Å². The molecule has 0 amide bonds. The van der Waals surface area contributed by atoms with Gasteiger partial charge in [-0.25, -0.2) is 9.37 Å². The van der Waals surface area contributed by atoms with Gasteiger partial charge in [-0.3, -0.25) is 0 Å². The first kappa shape index (κ1) is 14.4. The maximum absolute atomic E-state index is 12.9. The first-order chi connectivity index (χ1) is 10.2. The molecule has 0 saturated heterocycles. The number of aryl methyl sites for hydroxylation is 2. The summed E-state index contributed by atoms with van der Waals surface area (Å²) in [5.41, 5.74) is 2.93. The van der Waals surface area contributed by atoms with Crippen LogP contribution in [0.5, 0.6) is 0 Å². The fraction of sp³-hybridized carbons (Fsp3) is 0.188. The summed E-state index contributed by atoms with van der Waals surface area (Å²) in [6.45, 7) is 0.727. The molecule has 0 aliphatic heterocycles. The van der Waals surface area contributed by atoms with E-state index in [2.05, 4.69) is 9.55 Å². The van der Waals surface area contributed by atoms with Gasteiger partial charge in [0, 0.05) is 11.6 Å². The minimum atomic E-state index is -0.222. The van der Waals surface area contributed by atoms with E-state index >= 15 is 0 Å². The molecular formula is C16H13Cl2FN2. The van der Waals surface area contributed by atoms with Gasteiger partial charge >= 0.3 is 0 Å². The van der Waals surface area contributed by atoms with Crippen molar-refractivity contribution in [2.45, 2.75) is 18.8 Å². The van der Waals surface area contributed by atoms with Gasteiger partial charge in [0.25, 0.3) is 0 Å². The van der Waals surface area contributed by atoms with E-state index < -0.39 is 0 Å². The van der Waals surface area contributed by atoms with Crippen molar-refractivity contribution in [1.29, 1.82) is 0 Å². The Morgan fingerprint density at radius 1 is 1.10 bits per heavy atom. The van der Waals surface area contributed by atoms with Crippen LogP contribution in [0.3, 0.4) is 0 Å². The average Bonchev–Trinajstić information content (AvgIpc) is 2.84. The van der Waals surface area contributed by atoms with Crippen molar-refractivity contribution in [3.8, 4) is 0 Å². The first-order valence-corrected chi connectivity index (χ1v) is 7.53. The highest BCUT2D eigenvalue weighted by Crippen LogP contribution is 2.22. The second-order valence-electron chi connectivity index (χ2n) is 4.82. The molecule has 2 nitrogen and oxygen atoms in total. The third kappa shape index (κ3) is 3.04. The fourth-order valence-electron chi connectivity index (χ4n) is 2.39. The number of alkyl halides is 1. The molecule has 2 aromatic carbocycles. The number of aromatic nitrogens is 2. The van der Waals surface area contributed by atoms with E-state index in [0.717, 1.165) is 35.4 Å². The first-order valence-electron chi connectivity index (χ1n) is 6.62. The van der Waals surface area contributed by atoms with Gasteiger partial charge in [0.2, 0.25) is 0 Å². The molecule has 3 rings (SSSR count). The molecule has 3 aromatic rings. The van der Waals surface area contributed by atoms with Crippen molar-refractivity contribution in [2.24, 2.45) is 0 Å². The Bertz CT molecular complexity index is 766. The third-order valence-electron chi connectivity index (χ3n) is 3.45. The van der Waals surface area contributed by atoms with Crippen LogP contribution in [-0.2, 0) is 18.8 Å². The van der Waals surface area contributed by atoms with Crippen LogP contribution in [0, 0.1) is 5.82 Å². The molecule has 0 aliphatic rings. The lowest BCUT2D eigenvalue weighted by Gasteiger charge is -2.08. The zero-order chi connectivity index (χ0) is 14.8. The summed E-state index contributed by atoms with van der Waals surface area (Å²) in [4.78, 5) is 4.51. The van der Waals surface area contributed by atoms with E-state index in [1.807, 2.05) is 18.2 Å². The van der Waals surface area contributed by atoms with Crippen LogP contribution >= 0.6 is 23.2 Å². The van der Waals surface area contributed by atoms with Gasteiger partial charge in [0.1, 0.15) is 11.6 Å². The molecule has 0 radical (unpaired) electrons. The fourth-order valence-corrected chi connectivity index (χ4v) is 2.76. The number of hydrogen-bond donors (Lipinski definition) is 0. The minimum Gasteiger partial charge on any atom is -0.327 e. The van der Waals surface area contributed by atoms with Crippen LogP contribution in [0.25, 0.3) is 11.0 Å². The number of nitrogens with zero attached hydrogens (tertiary/aromatic N) is 2. The molecule has 108 valence electrons. The monoisotopic (exact) mass is 322 g/mol. The van der Waals surface area contributed by atoms with E-state index in [4.69, 9.17) is 23.2 Å². The predicted molar refractivity (Wildman–Crippen MR) is 84.4 cm³/mol. The lowest BCUT2D eigenvalue weighted by Crippen LogP contribution is -2.05. The molecule has 1 heterocycles. The highest BCUT2D eigenvalue weighted by molar-refractivity contribution is 6.31. The van der Waals surface area contributed by atoms with Crippen molar-refractivity contribution in [2.75, 3.05) is 0 Å². The molecule has 0 N–H and O–H groups in total. The Labute approximate surface area is 132 Å². The van der Waals surface area contributed by atoms with Gasteiger partial charge in [-0.2, -0.15) is 0 Å². The summed E-state index contributed by atoms with van der Waals surface area (Å²) < 4.78 is 15.0. The lowest BCUT2D eigenvalue weighted by atomic mass is 10.1. The Morgan fingerprint density at radius 2 is 1.86 bits per heavy atom. The van der Waals surface area contributed by atoms with Crippen LogP contribution < -0.4 is 0 Å². The standard InChI is InChI=1S/C16H13Cl2FN2/c17-10-16-20-14-6-3-12(18)9-15(14)21(16)8-7-11-1-4-13(19)5-2-11/h1-6,9H,7-8,10H2. The molecule has 0 aliphatic carbocycles. The van der Waals surface area contributed by atoms with Crippen LogP contribution in [0.1, 0.15) is 11.4 Å². The van der Waals surface area contributed by atoms with Crippen LogP contribution in [0.4, 0.5) is 4.39 Å². The highest BCUT2D eigenvalue weighted by Gasteiger charge is 2.10. The Hall–Kier alpha value is -1.58. The Balaban J connectivity index is 1.91. The van der Waals surface area contributed by atoms with Crippen LogP contribution in [0.2, 0.25) is 5.02 Å². The maximum Gasteiger partial charge on any atom is 0.124 e. The summed E-state index contributed by atoms with van der Waals surface area (Å²) >= 11 is 12.0. The molecule has 0 saturated carbocycles. The number of rotatable bonds is 4. The van der Waals surface area contributed by atoms with E-state index in [-0.39, 0.29) is 5.82 Å². The normalized spacial score (nSPS) is 11.2. The minimum absolute atomic E-state index is 0.222. The topological polar surface area (TPSA) is 17.8 Å². The van der Waals surface area contributed by atoms with E-state index in [1.54, 1.807) is 12.1 Å². The Morgan fingerprint density at radius 3 is 2.57 bits per heavy atom. The summed E-state index contributed by atoms with van der Waals surface area (Å²) in [7, 11) is 0. The number of benzene rings is 2. The molecule has 0 unspecified atom stereocenters. The van der Waals surface area contributed by atoms with Gasteiger partial charge in [-0.05, 0) is 42.3 Å². The maximum atomic E-state index is 12.9. The molecule has 0 bridgehead atoms.